The number of benzene rings is 2. The molecule has 2 aromatic carbocycles. The summed E-state index contributed by atoms with van der Waals surface area (Å²) in [5.74, 6) is -0.353. The van der Waals surface area contributed by atoms with E-state index in [9.17, 15) is 9.59 Å². The summed E-state index contributed by atoms with van der Waals surface area (Å²) in [7, 11) is 0. The number of nitrogens with one attached hydrogen (secondary N) is 1. The van der Waals surface area contributed by atoms with E-state index in [-0.39, 0.29) is 11.7 Å². The van der Waals surface area contributed by atoms with Crippen LogP contribution in [0.15, 0.2) is 53.7 Å². The third-order valence-electron chi connectivity index (χ3n) is 4.39. The Kier molecular flexibility index (Phi) is 6.71. The number of amides is 2. The molecule has 0 bridgehead atoms. The summed E-state index contributed by atoms with van der Waals surface area (Å²) in [6.45, 7) is 3.08. The predicted octanol–water partition coefficient (Wildman–Crippen LogP) is 4.06. The highest BCUT2D eigenvalue weighted by molar-refractivity contribution is 7.99. The van der Waals surface area contributed by atoms with Gasteiger partial charge in [-0.05, 0) is 42.8 Å². The molecule has 1 aromatic heterocycles. The topological polar surface area (TPSA) is 90.0 Å². The van der Waals surface area contributed by atoms with E-state index in [1.807, 2.05) is 18.2 Å². The van der Waals surface area contributed by atoms with E-state index < -0.39 is 5.91 Å². The number of aryl methyl sites for hydroxylation is 1. The van der Waals surface area contributed by atoms with Gasteiger partial charge in [0.25, 0.3) is 0 Å². The molecule has 146 valence electrons. The van der Waals surface area contributed by atoms with Crippen LogP contribution >= 0.6 is 11.8 Å². The number of primary amides is 1. The Morgan fingerprint density at radius 3 is 2.57 bits per heavy atom. The number of nitrogens with zero attached hydrogens (tertiary/aromatic N) is 2. The summed E-state index contributed by atoms with van der Waals surface area (Å²) in [4.78, 5) is 28.1. The second-order valence-electron chi connectivity index (χ2n) is 6.52. The van der Waals surface area contributed by atoms with E-state index >= 15 is 0 Å². The van der Waals surface area contributed by atoms with Gasteiger partial charge < -0.3 is 15.6 Å². The number of carbonyl (C=O) groups excluding carboxylic acids is 2. The number of hydrogen-bond donors (Lipinski definition) is 2. The van der Waals surface area contributed by atoms with Gasteiger partial charge in [-0.15, -0.1) is 0 Å². The predicted molar refractivity (Wildman–Crippen MR) is 114 cm³/mol. The number of imidazole rings is 1. The molecule has 0 unspecified atom stereocenters. The van der Waals surface area contributed by atoms with Crippen LogP contribution in [0, 0.1) is 0 Å². The van der Waals surface area contributed by atoms with E-state index in [1.165, 1.54) is 18.2 Å². The van der Waals surface area contributed by atoms with E-state index in [4.69, 9.17) is 10.7 Å². The molecule has 7 heteroatoms. The van der Waals surface area contributed by atoms with Crippen molar-refractivity contribution in [3.8, 4) is 0 Å². The Bertz CT molecular complexity index is 966. The smallest absolute Gasteiger partial charge is 0.248 e. The van der Waals surface area contributed by atoms with Crippen molar-refractivity contribution >= 4 is 40.3 Å². The summed E-state index contributed by atoms with van der Waals surface area (Å²) < 4.78 is 2.20. The molecule has 3 aromatic rings. The molecule has 0 aliphatic heterocycles. The molecule has 0 fully saturated rings. The Morgan fingerprint density at radius 2 is 1.86 bits per heavy atom. The Labute approximate surface area is 168 Å². The van der Waals surface area contributed by atoms with Crippen molar-refractivity contribution in [1.82, 2.24) is 9.55 Å². The minimum Gasteiger partial charge on any atom is -0.366 e. The van der Waals surface area contributed by atoms with Gasteiger partial charge in [0.2, 0.25) is 11.8 Å². The zero-order valence-corrected chi connectivity index (χ0v) is 16.7. The fourth-order valence-electron chi connectivity index (χ4n) is 2.94. The lowest BCUT2D eigenvalue weighted by atomic mass is 10.2. The SMILES string of the molecule is CCCCCn1c(SCC(=O)Nc2ccc(C(N)=O)cc2)nc2ccccc21. The first-order valence-electron chi connectivity index (χ1n) is 9.36. The van der Waals surface area contributed by atoms with Crippen LogP contribution in [-0.2, 0) is 11.3 Å². The molecule has 1 heterocycles. The minimum atomic E-state index is -0.490. The van der Waals surface area contributed by atoms with Crippen LogP contribution in [0.1, 0.15) is 36.5 Å². The van der Waals surface area contributed by atoms with Gasteiger partial charge in [-0.3, -0.25) is 9.59 Å². The van der Waals surface area contributed by atoms with E-state index in [0.29, 0.717) is 11.3 Å². The lowest BCUT2D eigenvalue weighted by Gasteiger charge is -2.09. The number of aromatic nitrogens is 2. The average Bonchev–Trinajstić information content (AvgIpc) is 3.05. The monoisotopic (exact) mass is 396 g/mol. The lowest BCUT2D eigenvalue weighted by molar-refractivity contribution is -0.113. The van der Waals surface area contributed by atoms with Crippen molar-refractivity contribution in [1.29, 1.82) is 0 Å². The number of anilines is 1. The number of thioether (sulfide) groups is 1. The number of carbonyl (C=O) groups is 2. The van der Waals surface area contributed by atoms with Gasteiger partial charge in [0.1, 0.15) is 0 Å². The average molecular weight is 397 g/mol. The molecule has 2 amide bonds. The summed E-state index contributed by atoms with van der Waals surface area (Å²) in [6, 6.07) is 14.6. The van der Waals surface area contributed by atoms with Gasteiger partial charge >= 0.3 is 0 Å². The Balaban J connectivity index is 1.66. The highest BCUT2D eigenvalue weighted by Gasteiger charge is 2.13. The Hall–Kier alpha value is -2.80. The van der Waals surface area contributed by atoms with Crippen molar-refractivity contribution in [2.24, 2.45) is 5.73 Å². The number of rotatable bonds is 9. The molecular weight excluding hydrogens is 372 g/mol. The maximum atomic E-state index is 12.3. The van der Waals surface area contributed by atoms with Crippen LogP contribution in [0.3, 0.4) is 0 Å². The Morgan fingerprint density at radius 1 is 1.11 bits per heavy atom. The third kappa shape index (κ3) is 4.92. The van der Waals surface area contributed by atoms with Crippen LogP contribution < -0.4 is 11.1 Å². The highest BCUT2D eigenvalue weighted by atomic mass is 32.2. The molecular formula is C21H24N4O2S. The summed E-state index contributed by atoms with van der Waals surface area (Å²) in [5.41, 5.74) is 8.32. The molecule has 0 radical (unpaired) electrons. The van der Waals surface area contributed by atoms with Crippen molar-refractivity contribution in [2.75, 3.05) is 11.1 Å². The quantitative estimate of drug-likeness (QED) is 0.422. The highest BCUT2D eigenvalue weighted by Crippen LogP contribution is 2.25. The largest absolute Gasteiger partial charge is 0.366 e. The molecule has 0 spiro atoms. The fraction of sp³-hybridized carbons (Fsp3) is 0.286. The number of unbranched alkanes of at least 4 members (excludes halogenated alkanes) is 2. The molecule has 3 rings (SSSR count). The third-order valence-corrected chi connectivity index (χ3v) is 5.37. The normalized spacial score (nSPS) is 10.9. The lowest BCUT2D eigenvalue weighted by Crippen LogP contribution is -2.15. The zero-order valence-electron chi connectivity index (χ0n) is 15.9. The number of nitrogens with two attached hydrogens (primary N) is 1. The van der Waals surface area contributed by atoms with E-state index in [0.717, 1.165) is 35.6 Å². The van der Waals surface area contributed by atoms with Crippen LogP contribution in [-0.4, -0.2) is 27.1 Å². The number of hydrogen-bond acceptors (Lipinski definition) is 4. The standard InChI is InChI=1S/C21H24N4O2S/c1-2-3-6-13-25-18-8-5-4-7-17(18)24-21(25)28-14-19(26)23-16-11-9-15(10-12-16)20(22)27/h4-5,7-12H,2-3,6,13-14H2,1H3,(H2,22,27)(H,23,26). The first kappa shape index (κ1) is 19.9. The van der Waals surface area contributed by atoms with E-state index in [2.05, 4.69) is 22.9 Å². The van der Waals surface area contributed by atoms with Gasteiger partial charge in [-0.2, -0.15) is 0 Å². The van der Waals surface area contributed by atoms with Crippen molar-refractivity contribution in [3.05, 3.63) is 54.1 Å². The van der Waals surface area contributed by atoms with Gasteiger partial charge in [0.15, 0.2) is 5.16 Å². The van der Waals surface area contributed by atoms with Crippen molar-refractivity contribution < 1.29 is 9.59 Å². The maximum Gasteiger partial charge on any atom is 0.248 e. The maximum absolute atomic E-state index is 12.3. The van der Waals surface area contributed by atoms with Gasteiger partial charge in [0, 0.05) is 17.8 Å². The van der Waals surface area contributed by atoms with Crippen LogP contribution in [0.2, 0.25) is 0 Å². The second kappa shape index (κ2) is 9.41. The second-order valence-corrected chi connectivity index (χ2v) is 7.46. The van der Waals surface area contributed by atoms with Crippen molar-refractivity contribution in [3.63, 3.8) is 0 Å². The molecule has 0 saturated heterocycles. The molecule has 0 saturated carbocycles. The van der Waals surface area contributed by atoms with E-state index in [1.54, 1.807) is 24.3 Å². The number of para-hydroxylation sites is 2. The van der Waals surface area contributed by atoms with Crippen LogP contribution in [0.4, 0.5) is 5.69 Å². The van der Waals surface area contributed by atoms with Crippen LogP contribution in [0.25, 0.3) is 11.0 Å². The minimum absolute atomic E-state index is 0.121. The summed E-state index contributed by atoms with van der Waals surface area (Å²) in [5, 5.41) is 3.69. The molecule has 28 heavy (non-hydrogen) atoms. The molecule has 6 nitrogen and oxygen atoms in total. The first-order valence-corrected chi connectivity index (χ1v) is 10.3. The van der Waals surface area contributed by atoms with Gasteiger partial charge in [-0.1, -0.05) is 43.7 Å². The molecule has 0 aliphatic rings. The fourth-order valence-corrected chi connectivity index (χ4v) is 3.79. The summed E-state index contributed by atoms with van der Waals surface area (Å²) in [6.07, 6.45) is 3.41. The molecule has 3 N–H and O–H groups in total. The first-order chi connectivity index (χ1) is 13.6. The van der Waals surface area contributed by atoms with Gasteiger partial charge in [-0.25, -0.2) is 4.98 Å². The number of fused-ring (bicyclic) bond motifs is 1. The van der Waals surface area contributed by atoms with Crippen LogP contribution in [0.5, 0.6) is 0 Å². The molecule has 0 aliphatic carbocycles. The van der Waals surface area contributed by atoms with Crippen molar-refractivity contribution in [2.45, 2.75) is 37.9 Å². The zero-order chi connectivity index (χ0) is 19.9. The van der Waals surface area contributed by atoms with Gasteiger partial charge in [0.05, 0.1) is 16.8 Å². The molecule has 0 atom stereocenters. The summed E-state index contributed by atoms with van der Waals surface area (Å²) >= 11 is 1.43.